The highest BCUT2D eigenvalue weighted by Crippen LogP contribution is 2.27. The first-order chi connectivity index (χ1) is 9.79. The molecular weight excluding hydrogens is 486 g/mol. The van der Waals surface area contributed by atoms with E-state index in [1.807, 2.05) is 31.2 Å². The third-order valence-electron chi connectivity index (χ3n) is 2.88. The average molecular weight is 498 g/mol. The Morgan fingerprint density at radius 2 is 1.52 bits per heavy atom. The van der Waals surface area contributed by atoms with Crippen molar-refractivity contribution in [1.82, 2.24) is 4.72 Å². The Labute approximate surface area is 149 Å². The second-order valence-electron chi connectivity index (χ2n) is 4.47. The molecule has 0 radical (unpaired) electrons. The minimum Gasteiger partial charge on any atom is -0.207 e. The van der Waals surface area contributed by atoms with Crippen LogP contribution in [0.1, 0.15) is 18.5 Å². The fourth-order valence-corrected chi connectivity index (χ4v) is 4.80. The molecular formula is C14H12Br3NO2S. The zero-order valence-corrected chi connectivity index (χ0v) is 16.6. The van der Waals surface area contributed by atoms with Gasteiger partial charge in [0.15, 0.2) is 0 Å². The summed E-state index contributed by atoms with van der Waals surface area (Å²) in [4.78, 5) is 0.209. The summed E-state index contributed by atoms with van der Waals surface area (Å²) >= 11 is 9.93. The first kappa shape index (κ1) is 17.1. The van der Waals surface area contributed by atoms with Gasteiger partial charge in [0.25, 0.3) is 0 Å². The van der Waals surface area contributed by atoms with Gasteiger partial charge in [-0.05, 0) is 58.7 Å². The van der Waals surface area contributed by atoms with Gasteiger partial charge < -0.3 is 0 Å². The van der Waals surface area contributed by atoms with Crippen molar-refractivity contribution >= 4 is 57.8 Å². The van der Waals surface area contributed by atoms with Crippen LogP contribution in [0.25, 0.3) is 0 Å². The van der Waals surface area contributed by atoms with Crippen molar-refractivity contribution in [1.29, 1.82) is 0 Å². The number of benzene rings is 2. The normalized spacial score (nSPS) is 13.1. The van der Waals surface area contributed by atoms with Crippen LogP contribution in [0.4, 0.5) is 0 Å². The number of nitrogens with one attached hydrogen (secondary N) is 1. The molecule has 0 spiro atoms. The molecule has 0 aliphatic rings. The fraction of sp³-hybridized carbons (Fsp3) is 0.143. The lowest BCUT2D eigenvalue weighted by Crippen LogP contribution is -2.27. The maximum atomic E-state index is 12.5. The molecule has 0 heterocycles. The van der Waals surface area contributed by atoms with Crippen LogP contribution in [0.3, 0.4) is 0 Å². The minimum absolute atomic E-state index is 0.209. The molecule has 0 aliphatic carbocycles. The maximum absolute atomic E-state index is 12.5. The summed E-state index contributed by atoms with van der Waals surface area (Å²) in [6, 6.07) is 12.3. The SMILES string of the molecule is C[C@@H](NS(=O)(=O)c1cc(Br)ccc1Br)c1ccc(Br)cc1. The van der Waals surface area contributed by atoms with Gasteiger partial charge in [-0.25, -0.2) is 13.1 Å². The Hall–Kier alpha value is -0.210. The zero-order valence-electron chi connectivity index (χ0n) is 11.0. The maximum Gasteiger partial charge on any atom is 0.242 e. The third kappa shape index (κ3) is 4.39. The average Bonchev–Trinajstić information content (AvgIpc) is 2.41. The zero-order chi connectivity index (χ0) is 15.6. The monoisotopic (exact) mass is 495 g/mol. The molecule has 0 saturated carbocycles. The molecule has 7 heteroatoms. The van der Waals surface area contributed by atoms with Crippen LogP contribution >= 0.6 is 47.8 Å². The van der Waals surface area contributed by atoms with Gasteiger partial charge in [0.1, 0.15) is 0 Å². The van der Waals surface area contributed by atoms with E-state index in [1.165, 1.54) is 0 Å². The van der Waals surface area contributed by atoms with E-state index in [1.54, 1.807) is 18.2 Å². The van der Waals surface area contributed by atoms with Gasteiger partial charge in [0.2, 0.25) is 10.0 Å². The predicted octanol–water partition coefficient (Wildman–Crippen LogP) is 5.01. The lowest BCUT2D eigenvalue weighted by atomic mass is 10.1. The van der Waals surface area contributed by atoms with Crippen molar-refractivity contribution < 1.29 is 8.42 Å². The summed E-state index contributed by atoms with van der Waals surface area (Å²) in [5.74, 6) is 0. The van der Waals surface area contributed by atoms with E-state index in [9.17, 15) is 8.42 Å². The number of sulfonamides is 1. The summed E-state index contributed by atoms with van der Waals surface area (Å²) in [7, 11) is -3.61. The van der Waals surface area contributed by atoms with Gasteiger partial charge in [-0.15, -0.1) is 0 Å². The van der Waals surface area contributed by atoms with E-state index in [0.29, 0.717) is 8.95 Å². The molecule has 1 atom stereocenters. The van der Waals surface area contributed by atoms with Gasteiger partial charge in [-0.1, -0.05) is 44.0 Å². The van der Waals surface area contributed by atoms with Crippen LogP contribution in [0, 0.1) is 0 Å². The van der Waals surface area contributed by atoms with E-state index in [4.69, 9.17) is 0 Å². The summed E-state index contributed by atoms with van der Waals surface area (Å²) < 4.78 is 29.8. The number of hydrogen-bond acceptors (Lipinski definition) is 2. The van der Waals surface area contributed by atoms with E-state index in [2.05, 4.69) is 52.5 Å². The molecule has 0 fully saturated rings. The molecule has 0 amide bonds. The minimum atomic E-state index is -3.61. The van der Waals surface area contributed by atoms with Gasteiger partial charge >= 0.3 is 0 Å². The second-order valence-corrected chi connectivity index (χ2v) is 8.84. The molecule has 2 aromatic carbocycles. The number of halogens is 3. The Kier molecular flexibility index (Phi) is 5.65. The summed E-state index contributed by atoms with van der Waals surface area (Å²) in [6.45, 7) is 1.81. The standard InChI is InChI=1S/C14H12Br3NO2S/c1-9(10-2-4-11(15)5-3-10)18-21(19,20)14-8-12(16)6-7-13(14)17/h2-9,18H,1H3/t9-/m1/s1. The molecule has 0 bridgehead atoms. The lowest BCUT2D eigenvalue weighted by molar-refractivity contribution is 0.566. The lowest BCUT2D eigenvalue weighted by Gasteiger charge is -2.15. The van der Waals surface area contributed by atoms with Gasteiger partial charge in [-0.2, -0.15) is 0 Å². The molecule has 0 unspecified atom stereocenters. The molecule has 3 nitrogen and oxygen atoms in total. The van der Waals surface area contributed by atoms with Crippen molar-refractivity contribution in [2.24, 2.45) is 0 Å². The molecule has 0 aromatic heterocycles. The van der Waals surface area contributed by atoms with Crippen LogP contribution in [-0.2, 0) is 10.0 Å². The topological polar surface area (TPSA) is 46.2 Å². The predicted molar refractivity (Wildman–Crippen MR) is 94.7 cm³/mol. The molecule has 0 aliphatic heterocycles. The first-order valence-electron chi connectivity index (χ1n) is 6.02. The van der Waals surface area contributed by atoms with E-state index in [-0.39, 0.29) is 10.9 Å². The molecule has 112 valence electrons. The van der Waals surface area contributed by atoms with Crippen LogP contribution in [0.15, 0.2) is 60.8 Å². The van der Waals surface area contributed by atoms with Gasteiger partial charge in [0, 0.05) is 19.5 Å². The second kappa shape index (κ2) is 6.91. The van der Waals surface area contributed by atoms with Crippen LogP contribution in [0.2, 0.25) is 0 Å². The Bertz CT molecular complexity index is 745. The summed E-state index contributed by atoms with van der Waals surface area (Å²) in [5.41, 5.74) is 0.896. The molecule has 2 rings (SSSR count). The Morgan fingerprint density at radius 1 is 0.952 bits per heavy atom. The number of rotatable bonds is 4. The molecule has 1 N–H and O–H groups in total. The molecule has 0 saturated heterocycles. The fourth-order valence-electron chi connectivity index (χ4n) is 1.80. The van der Waals surface area contributed by atoms with Crippen molar-refractivity contribution in [3.05, 3.63) is 61.4 Å². The van der Waals surface area contributed by atoms with E-state index in [0.717, 1.165) is 10.0 Å². The largest absolute Gasteiger partial charge is 0.242 e. The van der Waals surface area contributed by atoms with Crippen LogP contribution in [0.5, 0.6) is 0 Å². The van der Waals surface area contributed by atoms with Crippen molar-refractivity contribution in [3.63, 3.8) is 0 Å². The Morgan fingerprint density at radius 3 is 2.14 bits per heavy atom. The highest BCUT2D eigenvalue weighted by Gasteiger charge is 2.21. The molecule has 2 aromatic rings. The van der Waals surface area contributed by atoms with Crippen molar-refractivity contribution in [3.8, 4) is 0 Å². The van der Waals surface area contributed by atoms with Crippen LogP contribution in [-0.4, -0.2) is 8.42 Å². The van der Waals surface area contributed by atoms with E-state index >= 15 is 0 Å². The van der Waals surface area contributed by atoms with Crippen molar-refractivity contribution in [2.75, 3.05) is 0 Å². The van der Waals surface area contributed by atoms with Gasteiger partial charge in [0.05, 0.1) is 4.90 Å². The summed E-state index contributed by atoms with van der Waals surface area (Å²) in [6.07, 6.45) is 0. The number of hydrogen-bond donors (Lipinski definition) is 1. The first-order valence-corrected chi connectivity index (χ1v) is 9.88. The Balaban J connectivity index is 2.28. The van der Waals surface area contributed by atoms with Gasteiger partial charge in [-0.3, -0.25) is 0 Å². The van der Waals surface area contributed by atoms with E-state index < -0.39 is 10.0 Å². The smallest absolute Gasteiger partial charge is 0.207 e. The quantitative estimate of drug-likeness (QED) is 0.645. The highest BCUT2D eigenvalue weighted by molar-refractivity contribution is 9.11. The van der Waals surface area contributed by atoms with Crippen LogP contribution < -0.4 is 4.72 Å². The summed E-state index contributed by atoms with van der Waals surface area (Å²) in [5, 5.41) is 0. The highest BCUT2D eigenvalue weighted by atomic mass is 79.9. The van der Waals surface area contributed by atoms with Crippen molar-refractivity contribution in [2.45, 2.75) is 17.9 Å². The third-order valence-corrected chi connectivity index (χ3v) is 6.44. The molecule has 21 heavy (non-hydrogen) atoms.